The molecule has 2 unspecified atom stereocenters. The second-order valence-corrected chi connectivity index (χ2v) is 5.54. The lowest BCUT2D eigenvalue weighted by Gasteiger charge is -2.24. The molecule has 1 aromatic heterocycles. The third-order valence-electron chi connectivity index (χ3n) is 3.33. The molecule has 2 aromatic rings. The molecule has 0 spiro atoms. The molecule has 1 fully saturated rings. The Morgan fingerprint density at radius 1 is 1.32 bits per heavy atom. The molecular weight excluding hydrogens is 256 g/mol. The van der Waals surface area contributed by atoms with E-state index >= 15 is 0 Å². The summed E-state index contributed by atoms with van der Waals surface area (Å²) in [5.74, 6) is 0.0998. The lowest BCUT2D eigenvalue weighted by atomic mass is 9.97. The first-order chi connectivity index (χ1) is 9.36. The van der Waals surface area contributed by atoms with Crippen LogP contribution in [0.15, 0.2) is 35.7 Å². The van der Waals surface area contributed by atoms with E-state index in [2.05, 4.69) is 28.6 Å². The molecule has 0 N–H and O–H groups in total. The second-order valence-electron chi connectivity index (χ2n) is 4.65. The van der Waals surface area contributed by atoms with E-state index in [4.69, 9.17) is 10.00 Å². The summed E-state index contributed by atoms with van der Waals surface area (Å²) in [6.45, 7) is 0.656. The van der Waals surface area contributed by atoms with Crippen molar-refractivity contribution in [2.75, 3.05) is 6.61 Å². The van der Waals surface area contributed by atoms with Crippen LogP contribution < -0.4 is 0 Å². The van der Waals surface area contributed by atoms with Crippen molar-refractivity contribution in [3.63, 3.8) is 0 Å². The summed E-state index contributed by atoms with van der Waals surface area (Å²) in [7, 11) is 0. The predicted octanol–water partition coefficient (Wildman–Crippen LogP) is 3.80. The summed E-state index contributed by atoms with van der Waals surface area (Å²) in [6.07, 6.45) is 1.59. The molecule has 0 bridgehead atoms. The number of rotatable bonds is 2. The van der Waals surface area contributed by atoms with Crippen molar-refractivity contribution in [3.05, 3.63) is 40.7 Å². The summed E-state index contributed by atoms with van der Waals surface area (Å²) < 4.78 is 5.74. The zero-order valence-corrected chi connectivity index (χ0v) is 11.3. The number of benzene rings is 1. The number of ether oxygens (including phenoxy) is 1. The fourth-order valence-corrected chi connectivity index (χ4v) is 3.15. The number of nitriles is 1. The van der Waals surface area contributed by atoms with Crippen LogP contribution in [-0.4, -0.2) is 11.6 Å². The molecule has 1 saturated heterocycles. The molecule has 0 amide bonds. The van der Waals surface area contributed by atoms with Crippen LogP contribution in [0.1, 0.15) is 24.0 Å². The SMILES string of the molecule is N#CC1CCOC(c2nc(-c3ccccc3)cs2)C1. The van der Waals surface area contributed by atoms with Crippen molar-refractivity contribution in [1.82, 2.24) is 4.98 Å². The van der Waals surface area contributed by atoms with E-state index in [-0.39, 0.29) is 12.0 Å². The average Bonchev–Trinajstić information content (AvgIpc) is 2.98. The Kier molecular flexibility index (Phi) is 3.58. The molecule has 4 heteroatoms. The van der Waals surface area contributed by atoms with Crippen LogP contribution in [0.5, 0.6) is 0 Å². The zero-order chi connectivity index (χ0) is 13.1. The smallest absolute Gasteiger partial charge is 0.122 e. The second kappa shape index (κ2) is 5.52. The van der Waals surface area contributed by atoms with Gasteiger partial charge in [0.15, 0.2) is 0 Å². The summed E-state index contributed by atoms with van der Waals surface area (Å²) in [5, 5.41) is 12.1. The highest BCUT2D eigenvalue weighted by Crippen LogP contribution is 2.34. The van der Waals surface area contributed by atoms with Crippen molar-refractivity contribution in [1.29, 1.82) is 5.26 Å². The largest absolute Gasteiger partial charge is 0.371 e. The molecule has 19 heavy (non-hydrogen) atoms. The van der Waals surface area contributed by atoms with Gasteiger partial charge in [-0.05, 0) is 12.8 Å². The summed E-state index contributed by atoms with van der Waals surface area (Å²) in [4.78, 5) is 4.66. The van der Waals surface area contributed by atoms with E-state index in [1.807, 2.05) is 18.2 Å². The van der Waals surface area contributed by atoms with Gasteiger partial charge < -0.3 is 4.74 Å². The maximum absolute atomic E-state index is 9.02. The molecule has 1 aliphatic heterocycles. The van der Waals surface area contributed by atoms with Gasteiger partial charge in [-0.2, -0.15) is 5.26 Å². The van der Waals surface area contributed by atoms with Crippen LogP contribution in [0.3, 0.4) is 0 Å². The zero-order valence-electron chi connectivity index (χ0n) is 10.5. The van der Waals surface area contributed by atoms with Crippen molar-refractivity contribution < 1.29 is 4.74 Å². The van der Waals surface area contributed by atoms with Gasteiger partial charge in [0.2, 0.25) is 0 Å². The normalized spacial score (nSPS) is 22.9. The van der Waals surface area contributed by atoms with Crippen molar-refractivity contribution in [3.8, 4) is 17.3 Å². The molecule has 3 nitrogen and oxygen atoms in total. The van der Waals surface area contributed by atoms with Crippen LogP contribution in [-0.2, 0) is 4.74 Å². The Morgan fingerprint density at radius 2 is 2.16 bits per heavy atom. The van der Waals surface area contributed by atoms with E-state index in [9.17, 15) is 0 Å². The summed E-state index contributed by atoms with van der Waals surface area (Å²) >= 11 is 1.62. The predicted molar refractivity (Wildman–Crippen MR) is 74.6 cm³/mol. The lowest BCUT2D eigenvalue weighted by Crippen LogP contribution is -2.18. The van der Waals surface area contributed by atoms with Crippen molar-refractivity contribution in [2.24, 2.45) is 5.92 Å². The van der Waals surface area contributed by atoms with Gasteiger partial charge in [0.25, 0.3) is 0 Å². The monoisotopic (exact) mass is 270 g/mol. The molecular formula is C15H14N2OS. The highest BCUT2D eigenvalue weighted by molar-refractivity contribution is 7.10. The van der Waals surface area contributed by atoms with Crippen molar-refractivity contribution >= 4 is 11.3 Å². The van der Waals surface area contributed by atoms with Gasteiger partial charge in [-0.3, -0.25) is 0 Å². The number of hydrogen-bond donors (Lipinski definition) is 0. The fourth-order valence-electron chi connectivity index (χ4n) is 2.26. The van der Waals surface area contributed by atoms with Gasteiger partial charge in [0, 0.05) is 17.6 Å². The number of thiazole rings is 1. The molecule has 1 aliphatic rings. The molecule has 2 heterocycles. The van der Waals surface area contributed by atoms with Gasteiger partial charge in [-0.25, -0.2) is 4.98 Å². The van der Waals surface area contributed by atoms with Crippen molar-refractivity contribution in [2.45, 2.75) is 18.9 Å². The lowest BCUT2D eigenvalue weighted by molar-refractivity contribution is 0.000639. The Hall–Kier alpha value is -1.70. The minimum absolute atomic E-state index is 0.0131. The van der Waals surface area contributed by atoms with E-state index in [0.29, 0.717) is 6.61 Å². The molecule has 96 valence electrons. The summed E-state index contributed by atoms with van der Waals surface area (Å²) in [6, 6.07) is 12.5. The van der Waals surface area contributed by atoms with Crippen LogP contribution in [0, 0.1) is 17.2 Å². The van der Waals surface area contributed by atoms with E-state index in [1.54, 1.807) is 11.3 Å². The van der Waals surface area contributed by atoms with Gasteiger partial charge in [-0.1, -0.05) is 30.3 Å². The highest BCUT2D eigenvalue weighted by atomic mass is 32.1. The first-order valence-electron chi connectivity index (χ1n) is 6.39. The minimum Gasteiger partial charge on any atom is -0.371 e. The molecule has 0 radical (unpaired) electrons. The van der Waals surface area contributed by atoms with Gasteiger partial charge in [0.05, 0.1) is 17.7 Å². The third kappa shape index (κ3) is 2.67. The Bertz CT molecular complexity index is 588. The quantitative estimate of drug-likeness (QED) is 0.833. The first-order valence-corrected chi connectivity index (χ1v) is 7.27. The first kappa shape index (κ1) is 12.3. The van der Waals surface area contributed by atoms with Crippen LogP contribution in [0.2, 0.25) is 0 Å². The molecule has 0 aliphatic carbocycles. The molecule has 3 rings (SSSR count). The van der Waals surface area contributed by atoms with Crippen LogP contribution in [0.25, 0.3) is 11.3 Å². The maximum atomic E-state index is 9.02. The Labute approximate surface area is 116 Å². The number of aromatic nitrogens is 1. The Balaban J connectivity index is 1.80. The summed E-state index contributed by atoms with van der Waals surface area (Å²) in [5.41, 5.74) is 2.11. The van der Waals surface area contributed by atoms with Crippen LogP contribution in [0.4, 0.5) is 0 Å². The van der Waals surface area contributed by atoms with E-state index in [1.165, 1.54) is 0 Å². The highest BCUT2D eigenvalue weighted by Gasteiger charge is 2.26. The number of hydrogen-bond acceptors (Lipinski definition) is 4. The number of nitrogens with zero attached hydrogens (tertiary/aromatic N) is 2. The topological polar surface area (TPSA) is 45.9 Å². The Morgan fingerprint density at radius 3 is 2.95 bits per heavy atom. The van der Waals surface area contributed by atoms with E-state index in [0.717, 1.165) is 29.1 Å². The van der Waals surface area contributed by atoms with Gasteiger partial charge in [-0.15, -0.1) is 11.3 Å². The average molecular weight is 270 g/mol. The standard InChI is InChI=1S/C15H14N2OS/c16-9-11-6-7-18-14(8-11)15-17-13(10-19-15)12-4-2-1-3-5-12/h1-5,10-11,14H,6-8H2. The molecule has 0 saturated carbocycles. The molecule has 2 atom stereocenters. The fraction of sp³-hybridized carbons (Fsp3) is 0.333. The van der Waals surface area contributed by atoms with E-state index < -0.39 is 0 Å². The maximum Gasteiger partial charge on any atom is 0.122 e. The minimum atomic E-state index is -0.0131. The van der Waals surface area contributed by atoms with Gasteiger partial charge >= 0.3 is 0 Å². The van der Waals surface area contributed by atoms with Crippen LogP contribution >= 0.6 is 11.3 Å². The third-order valence-corrected chi connectivity index (χ3v) is 4.27. The van der Waals surface area contributed by atoms with Gasteiger partial charge in [0.1, 0.15) is 11.1 Å². The molecule has 1 aromatic carbocycles.